The highest BCUT2D eigenvalue weighted by molar-refractivity contribution is 5.75. The first-order valence-corrected chi connectivity index (χ1v) is 12.5. The number of unbranched alkanes of at least 4 members (excludes halogenated alkanes) is 2. The quantitative estimate of drug-likeness (QED) is 0.166. The van der Waals surface area contributed by atoms with Crippen molar-refractivity contribution in [2.45, 2.75) is 90.9 Å². The van der Waals surface area contributed by atoms with Gasteiger partial charge in [-0.2, -0.15) is 8.78 Å². The van der Waals surface area contributed by atoms with E-state index in [1.807, 2.05) is 0 Å². The molecule has 2 aliphatic carbocycles. The van der Waals surface area contributed by atoms with Crippen LogP contribution in [0, 0.1) is 35.3 Å². The van der Waals surface area contributed by atoms with Gasteiger partial charge in [0, 0.05) is 0 Å². The summed E-state index contributed by atoms with van der Waals surface area (Å²) in [6.07, 6.45) is 17.2. The highest BCUT2D eigenvalue weighted by Crippen LogP contribution is 2.42. The summed E-state index contributed by atoms with van der Waals surface area (Å²) in [4.78, 5) is 12.6. The molecule has 0 N–H and O–H groups in total. The molecule has 0 spiro atoms. The van der Waals surface area contributed by atoms with Crippen LogP contribution in [0.1, 0.15) is 90.9 Å². The fraction of sp³-hybridized carbons (Fsp3) is 0.667. The van der Waals surface area contributed by atoms with Crippen molar-refractivity contribution in [3.8, 4) is 11.5 Å². The average Bonchev–Trinajstić information content (AvgIpc) is 2.82. The molecule has 0 atom stereocenters. The van der Waals surface area contributed by atoms with E-state index < -0.39 is 17.6 Å². The number of halogens is 2. The molecule has 1 aromatic rings. The van der Waals surface area contributed by atoms with Crippen molar-refractivity contribution in [3.63, 3.8) is 0 Å². The summed E-state index contributed by atoms with van der Waals surface area (Å²) >= 11 is 0. The normalized spacial score (nSPS) is 26.2. The summed E-state index contributed by atoms with van der Waals surface area (Å²) in [6.45, 7) is 3.97. The number of rotatable bonds is 9. The fourth-order valence-corrected chi connectivity index (χ4v) is 5.47. The van der Waals surface area contributed by atoms with E-state index >= 15 is 0 Å². The van der Waals surface area contributed by atoms with E-state index in [0.29, 0.717) is 5.92 Å². The minimum Gasteiger partial charge on any atom is -0.462 e. The Bertz CT molecular complexity index is 760. The van der Waals surface area contributed by atoms with Gasteiger partial charge in [0.25, 0.3) is 0 Å². The highest BCUT2D eigenvalue weighted by Gasteiger charge is 2.34. The Hall–Kier alpha value is -1.91. The molecule has 0 heterocycles. The van der Waals surface area contributed by atoms with Crippen molar-refractivity contribution in [3.05, 3.63) is 36.1 Å². The van der Waals surface area contributed by atoms with Crippen molar-refractivity contribution in [1.82, 2.24) is 0 Å². The van der Waals surface area contributed by atoms with Crippen LogP contribution in [0.5, 0.6) is 11.5 Å². The zero-order valence-corrected chi connectivity index (χ0v) is 19.6. The third kappa shape index (κ3) is 6.55. The second-order valence-corrected chi connectivity index (χ2v) is 9.59. The molecule has 0 amide bonds. The van der Waals surface area contributed by atoms with E-state index in [-0.39, 0.29) is 17.4 Å². The number of esters is 1. The maximum atomic E-state index is 14.3. The van der Waals surface area contributed by atoms with Crippen molar-refractivity contribution in [2.24, 2.45) is 23.7 Å². The maximum Gasteiger partial charge on any atom is 0.314 e. The molecule has 2 fully saturated rings. The maximum absolute atomic E-state index is 14.3. The molecule has 0 radical (unpaired) electrons. The van der Waals surface area contributed by atoms with E-state index in [1.165, 1.54) is 69.8 Å². The third-order valence-electron chi connectivity index (χ3n) is 7.43. The van der Waals surface area contributed by atoms with Gasteiger partial charge in [0.1, 0.15) is 0 Å². The minimum atomic E-state index is -1.19. The lowest BCUT2D eigenvalue weighted by Crippen LogP contribution is -2.30. The van der Waals surface area contributed by atoms with E-state index in [2.05, 4.69) is 6.92 Å². The monoisotopic (exact) mass is 448 g/mol. The molecule has 1 aromatic carbocycles. The zero-order chi connectivity index (χ0) is 22.9. The van der Waals surface area contributed by atoms with Gasteiger partial charge in [0.15, 0.2) is 11.5 Å². The van der Waals surface area contributed by atoms with Crippen LogP contribution < -0.4 is 9.47 Å². The van der Waals surface area contributed by atoms with Gasteiger partial charge in [0.2, 0.25) is 11.6 Å². The van der Waals surface area contributed by atoms with Crippen LogP contribution in [0.2, 0.25) is 0 Å². The lowest BCUT2D eigenvalue weighted by atomic mass is 9.68. The molecular weight excluding hydrogens is 410 g/mol. The molecule has 5 heteroatoms. The summed E-state index contributed by atoms with van der Waals surface area (Å²) in [5.74, 6) is -1.26. The second-order valence-electron chi connectivity index (χ2n) is 9.59. The van der Waals surface area contributed by atoms with Gasteiger partial charge < -0.3 is 9.47 Å². The predicted octanol–water partition coefficient (Wildman–Crippen LogP) is 7.98. The molecule has 0 aromatic heterocycles. The summed E-state index contributed by atoms with van der Waals surface area (Å²) in [7, 11) is 0. The number of hydrogen-bond donors (Lipinski definition) is 0. The van der Waals surface area contributed by atoms with Gasteiger partial charge in [-0.15, -0.1) is 0 Å². The molecule has 0 saturated heterocycles. The van der Waals surface area contributed by atoms with Crippen molar-refractivity contribution in [1.29, 1.82) is 0 Å². The molecule has 32 heavy (non-hydrogen) atoms. The van der Waals surface area contributed by atoms with E-state index in [4.69, 9.17) is 9.47 Å². The van der Waals surface area contributed by atoms with E-state index in [1.54, 1.807) is 13.0 Å². The number of benzene rings is 1. The summed E-state index contributed by atoms with van der Waals surface area (Å²) in [5.41, 5.74) is 0. The first-order valence-electron chi connectivity index (χ1n) is 12.5. The van der Waals surface area contributed by atoms with Crippen molar-refractivity contribution in [2.75, 3.05) is 0 Å². The number of carbonyl (C=O) groups is 1. The molecule has 2 aliphatic rings. The fourth-order valence-electron chi connectivity index (χ4n) is 5.47. The number of hydrogen-bond acceptors (Lipinski definition) is 3. The Morgan fingerprint density at radius 1 is 0.938 bits per heavy atom. The van der Waals surface area contributed by atoms with E-state index in [0.717, 1.165) is 37.5 Å². The molecule has 2 saturated carbocycles. The van der Waals surface area contributed by atoms with E-state index in [9.17, 15) is 13.6 Å². The molecule has 3 nitrogen and oxygen atoms in total. The van der Waals surface area contributed by atoms with Crippen LogP contribution in [0.4, 0.5) is 8.78 Å². The Morgan fingerprint density at radius 2 is 1.53 bits per heavy atom. The largest absolute Gasteiger partial charge is 0.462 e. The van der Waals surface area contributed by atoms with Crippen LogP contribution in [-0.2, 0) is 4.79 Å². The summed E-state index contributed by atoms with van der Waals surface area (Å²) < 4.78 is 38.7. The summed E-state index contributed by atoms with van der Waals surface area (Å²) in [5, 5.41) is 0. The Morgan fingerprint density at radius 3 is 2.16 bits per heavy atom. The van der Waals surface area contributed by atoms with Gasteiger partial charge in [-0.25, -0.2) is 0 Å². The van der Waals surface area contributed by atoms with Crippen LogP contribution in [0.15, 0.2) is 24.5 Å². The number of carbonyl (C=O) groups excluding carboxylic acids is 1. The zero-order valence-electron chi connectivity index (χ0n) is 19.6. The topological polar surface area (TPSA) is 35.5 Å². The Labute approximate surface area is 191 Å². The highest BCUT2D eigenvalue weighted by atomic mass is 19.2. The van der Waals surface area contributed by atoms with Gasteiger partial charge in [0.05, 0.1) is 12.2 Å². The summed E-state index contributed by atoms with van der Waals surface area (Å²) in [6, 6.07) is 2.52. The van der Waals surface area contributed by atoms with Gasteiger partial charge in [-0.3, -0.25) is 4.79 Å². The standard InChI is InChI=1S/C27H38F2O3/c1-3-5-6-7-19-8-10-20(11-9-19)21-12-14-22(15-13-21)27(30)32-24-17-16-23(31-18-4-2)25(28)26(24)29/h4,16-22H,3,5-15H2,1-2H3/b18-4+. The van der Waals surface area contributed by atoms with Crippen LogP contribution in [0.25, 0.3) is 0 Å². The molecule has 0 aliphatic heterocycles. The second kappa shape index (κ2) is 12.4. The Kier molecular flexibility index (Phi) is 9.55. The predicted molar refractivity (Wildman–Crippen MR) is 122 cm³/mol. The first-order chi connectivity index (χ1) is 15.5. The average molecular weight is 449 g/mol. The van der Waals surface area contributed by atoms with Gasteiger partial charge >= 0.3 is 5.97 Å². The third-order valence-corrected chi connectivity index (χ3v) is 7.43. The molecule has 0 unspecified atom stereocenters. The Balaban J connectivity index is 1.44. The minimum absolute atomic E-state index is 0.235. The van der Waals surface area contributed by atoms with Crippen LogP contribution in [-0.4, -0.2) is 5.97 Å². The smallest absolute Gasteiger partial charge is 0.314 e. The lowest BCUT2D eigenvalue weighted by molar-refractivity contribution is -0.140. The molecular formula is C27H38F2O3. The molecule has 0 bridgehead atoms. The van der Waals surface area contributed by atoms with Gasteiger partial charge in [-0.05, 0) is 75.3 Å². The van der Waals surface area contributed by atoms with Crippen LogP contribution >= 0.6 is 0 Å². The van der Waals surface area contributed by atoms with Crippen LogP contribution in [0.3, 0.4) is 0 Å². The first kappa shape index (κ1) is 24.7. The SMILES string of the molecule is C/C=C/Oc1ccc(OC(=O)C2CCC(C3CCC(CCCCC)CC3)CC2)c(F)c1F. The van der Waals surface area contributed by atoms with Crippen molar-refractivity contribution < 1.29 is 23.0 Å². The molecule has 178 valence electrons. The number of ether oxygens (including phenoxy) is 2. The lowest BCUT2D eigenvalue weighted by Gasteiger charge is -2.37. The molecule has 3 rings (SSSR count). The van der Waals surface area contributed by atoms with Crippen molar-refractivity contribution >= 4 is 5.97 Å². The van der Waals surface area contributed by atoms with Gasteiger partial charge in [-0.1, -0.05) is 51.5 Å². The number of allylic oxidation sites excluding steroid dienone is 1.